The molecule has 0 fully saturated rings. The fourth-order valence-corrected chi connectivity index (χ4v) is 5.92. The monoisotopic (exact) mass is 462 g/mol. The van der Waals surface area contributed by atoms with E-state index in [9.17, 15) is 0 Å². The predicted octanol–water partition coefficient (Wildman–Crippen LogP) is 10.4. The van der Waals surface area contributed by atoms with Gasteiger partial charge in [-0.2, -0.15) is 0 Å². The highest BCUT2D eigenvalue weighted by Gasteiger charge is 2.07. The molecule has 0 unspecified atom stereocenters. The lowest BCUT2D eigenvalue weighted by Crippen LogP contribution is -1.83. The van der Waals surface area contributed by atoms with Crippen LogP contribution < -0.4 is 0 Å². The number of rotatable bonds is 0. The predicted molar refractivity (Wildman–Crippen MR) is 154 cm³/mol. The Hall–Kier alpha value is -4.13. The standard InChI is InChI=1S/C34H19Cl/c35-34-7-3-6-22-10-25-13-28-16-29-14-26-11-23-8-20-4-1-2-5-21(20)9-24(23)12-27(26)15-30(29)17-31(28)18-32(25)19-33(22)34/h1-19H. The topological polar surface area (TPSA) is 0 Å². The number of benzene rings is 8. The van der Waals surface area contributed by atoms with Gasteiger partial charge in [-0.25, -0.2) is 0 Å². The summed E-state index contributed by atoms with van der Waals surface area (Å²) < 4.78 is 0. The van der Waals surface area contributed by atoms with Crippen molar-refractivity contribution in [2.75, 3.05) is 0 Å². The first kappa shape index (κ1) is 19.2. The second-order valence-electron chi connectivity index (χ2n) is 9.66. The largest absolute Gasteiger partial charge is 0.0837 e. The number of halogens is 1. The summed E-state index contributed by atoms with van der Waals surface area (Å²) in [7, 11) is 0. The van der Waals surface area contributed by atoms with E-state index >= 15 is 0 Å². The molecule has 0 spiro atoms. The first-order chi connectivity index (χ1) is 17.2. The third kappa shape index (κ3) is 2.94. The fraction of sp³-hybridized carbons (Fsp3) is 0. The Morgan fingerprint density at radius 3 is 1.03 bits per heavy atom. The van der Waals surface area contributed by atoms with Crippen LogP contribution in [0.25, 0.3) is 75.4 Å². The minimum atomic E-state index is 0.800. The van der Waals surface area contributed by atoms with Crippen molar-refractivity contribution in [2.45, 2.75) is 0 Å². The molecular formula is C34H19Cl. The van der Waals surface area contributed by atoms with Crippen LogP contribution in [-0.2, 0) is 0 Å². The summed E-state index contributed by atoms with van der Waals surface area (Å²) >= 11 is 6.48. The van der Waals surface area contributed by atoms with Crippen molar-refractivity contribution in [1.82, 2.24) is 0 Å². The number of hydrogen-bond acceptors (Lipinski definition) is 0. The molecule has 0 radical (unpaired) electrons. The van der Waals surface area contributed by atoms with E-state index in [2.05, 4.69) is 103 Å². The Morgan fingerprint density at radius 2 is 0.600 bits per heavy atom. The first-order valence-corrected chi connectivity index (χ1v) is 12.3. The van der Waals surface area contributed by atoms with Crippen LogP contribution in [0.1, 0.15) is 0 Å². The molecule has 162 valence electrons. The van der Waals surface area contributed by atoms with Crippen LogP contribution in [0.4, 0.5) is 0 Å². The van der Waals surface area contributed by atoms with E-state index in [0.717, 1.165) is 10.4 Å². The van der Waals surface area contributed by atoms with Crippen LogP contribution in [0.15, 0.2) is 115 Å². The Morgan fingerprint density at radius 1 is 0.286 bits per heavy atom. The second kappa shape index (κ2) is 6.95. The second-order valence-corrected chi connectivity index (χ2v) is 10.1. The van der Waals surface area contributed by atoms with Crippen LogP contribution in [0, 0.1) is 0 Å². The van der Waals surface area contributed by atoms with Crippen molar-refractivity contribution in [1.29, 1.82) is 0 Å². The maximum absolute atomic E-state index is 6.48. The normalized spacial score (nSPS) is 12.1. The third-order valence-corrected chi connectivity index (χ3v) is 7.80. The minimum Gasteiger partial charge on any atom is -0.0837 e. The van der Waals surface area contributed by atoms with Crippen molar-refractivity contribution in [3.8, 4) is 0 Å². The van der Waals surface area contributed by atoms with Crippen molar-refractivity contribution < 1.29 is 0 Å². The Labute approximate surface area is 207 Å². The smallest absolute Gasteiger partial charge is 0.0484 e. The summed E-state index contributed by atoms with van der Waals surface area (Å²) in [4.78, 5) is 0. The van der Waals surface area contributed by atoms with E-state index in [1.807, 2.05) is 12.1 Å². The van der Waals surface area contributed by atoms with Gasteiger partial charge in [-0.3, -0.25) is 0 Å². The maximum atomic E-state index is 6.48. The van der Waals surface area contributed by atoms with E-state index in [1.165, 1.54) is 70.0 Å². The van der Waals surface area contributed by atoms with Crippen molar-refractivity contribution in [3.05, 3.63) is 120 Å². The Balaban J connectivity index is 1.40. The molecule has 35 heavy (non-hydrogen) atoms. The lowest BCUT2D eigenvalue weighted by molar-refractivity contribution is 1.78. The highest BCUT2D eigenvalue weighted by Crippen LogP contribution is 2.35. The van der Waals surface area contributed by atoms with Gasteiger partial charge < -0.3 is 0 Å². The number of fused-ring (bicyclic) bond motifs is 7. The van der Waals surface area contributed by atoms with Crippen LogP contribution >= 0.6 is 11.6 Å². The van der Waals surface area contributed by atoms with E-state index in [4.69, 9.17) is 11.6 Å². The molecule has 0 bridgehead atoms. The average molecular weight is 463 g/mol. The zero-order valence-corrected chi connectivity index (χ0v) is 19.6. The highest BCUT2D eigenvalue weighted by molar-refractivity contribution is 6.36. The summed E-state index contributed by atoms with van der Waals surface area (Å²) in [6.45, 7) is 0. The van der Waals surface area contributed by atoms with Crippen molar-refractivity contribution >= 4 is 87.0 Å². The molecule has 8 rings (SSSR count). The maximum Gasteiger partial charge on any atom is 0.0484 e. The van der Waals surface area contributed by atoms with Gasteiger partial charge in [0.2, 0.25) is 0 Å². The number of hydrogen-bond donors (Lipinski definition) is 0. The molecule has 0 aromatic heterocycles. The van der Waals surface area contributed by atoms with Gasteiger partial charge in [-0.15, -0.1) is 0 Å². The molecule has 0 nitrogen and oxygen atoms in total. The van der Waals surface area contributed by atoms with E-state index in [0.29, 0.717) is 0 Å². The first-order valence-electron chi connectivity index (χ1n) is 11.9. The summed E-state index contributed by atoms with van der Waals surface area (Å²) in [6, 6.07) is 42.3. The van der Waals surface area contributed by atoms with Crippen molar-refractivity contribution in [2.24, 2.45) is 0 Å². The molecular weight excluding hydrogens is 444 g/mol. The average Bonchev–Trinajstić information content (AvgIpc) is 2.86. The Kier molecular flexibility index (Phi) is 3.81. The van der Waals surface area contributed by atoms with Gasteiger partial charge in [0.1, 0.15) is 0 Å². The summed E-state index contributed by atoms with van der Waals surface area (Å²) in [5, 5.41) is 18.3. The molecule has 0 aliphatic heterocycles. The molecule has 8 aromatic carbocycles. The van der Waals surface area contributed by atoms with E-state index < -0.39 is 0 Å². The van der Waals surface area contributed by atoms with Gasteiger partial charge in [-0.1, -0.05) is 48.0 Å². The summed E-state index contributed by atoms with van der Waals surface area (Å²) in [6.07, 6.45) is 0. The molecule has 0 heterocycles. The molecule has 0 saturated heterocycles. The fourth-order valence-electron chi connectivity index (χ4n) is 5.69. The quantitative estimate of drug-likeness (QED) is 0.196. The lowest BCUT2D eigenvalue weighted by atomic mass is 9.94. The van der Waals surface area contributed by atoms with Gasteiger partial charge in [0.15, 0.2) is 0 Å². The molecule has 0 atom stereocenters. The lowest BCUT2D eigenvalue weighted by Gasteiger charge is -2.10. The van der Waals surface area contributed by atoms with Gasteiger partial charge in [-0.05, 0) is 149 Å². The van der Waals surface area contributed by atoms with Gasteiger partial charge in [0.25, 0.3) is 0 Å². The molecule has 0 aliphatic rings. The Bertz CT molecular complexity index is 2170. The molecule has 0 amide bonds. The van der Waals surface area contributed by atoms with Gasteiger partial charge in [0, 0.05) is 10.4 Å². The summed E-state index contributed by atoms with van der Waals surface area (Å²) in [5.74, 6) is 0. The van der Waals surface area contributed by atoms with Crippen LogP contribution in [0.2, 0.25) is 5.02 Å². The van der Waals surface area contributed by atoms with Crippen LogP contribution in [0.5, 0.6) is 0 Å². The highest BCUT2D eigenvalue weighted by atomic mass is 35.5. The molecule has 0 saturated carbocycles. The zero-order chi connectivity index (χ0) is 23.1. The van der Waals surface area contributed by atoms with E-state index in [1.54, 1.807) is 0 Å². The molecule has 1 heteroatoms. The van der Waals surface area contributed by atoms with E-state index in [-0.39, 0.29) is 0 Å². The molecule has 0 aliphatic carbocycles. The van der Waals surface area contributed by atoms with Gasteiger partial charge in [0.05, 0.1) is 0 Å². The van der Waals surface area contributed by atoms with Crippen LogP contribution in [0.3, 0.4) is 0 Å². The molecule has 0 N–H and O–H groups in total. The SMILES string of the molecule is Clc1cccc2cc3cc4cc5cc6cc7cc8ccccc8cc7cc6cc5cc4cc3cc12. The minimum absolute atomic E-state index is 0.800. The van der Waals surface area contributed by atoms with Crippen molar-refractivity contribution in [3.63, 3.8) is 0 Å². The summed E-state index contributed by atoms with van der Waals surface area (Å²) in [5.41, 5.74) is 0. The van der Waals surface area contributed by atoms with Crippen LogP contribution in [-0.4, -0.2) is 0 Å². The van der Waals surface area contributed by atoms with Gasteiger partial charge >= 0.3 is 0 Å². The third-order valence-electron chi connectivity index (χ3n) is 7.47. The molecule has 8 aromatic rings. The zero-order valence-electron chi connectivity index (χ0n) is 18.8.